The van der Waals surface area contributed by atoms with Crippen LogP contribution in [0.1, 0.15) is 23.5 Å². The summed E-state index contributed by atoms with van der Waals surface area (Å²) in [6.07, 6.45) is 8.02. The van der Waals surface area contributed by atoms with E-state index in [-0.39, 0.29) is 0 Å². The molecule has 2 aromatic heterocycles. The fourth-order valence-electron chi connectivity index (χ4n) is 3.95. The zero-order chi connectivity index (χ0) is 17.1. The zero-order valence-corrected chi connectivity index (χ0v) is 15.0. The summed E-state index contributed by atoms with van der Waals surface area (Å²) in [5, 5.41) is 0. The monoisotopic (exact) mass is 341 g/mol. The summed E-state index contributed by atoms with van der Waals surface area (Å²) in [4.78, 5) is 13.8. The number of rotatable bonds is 5. The number of pyridine rings is 1. The maximum absolute atomic E-state index is 5.57. The minimum absolute atomic E-state index is 0.598. The number of ether oxygens (including phenoxy) is 1. The number of aromatic nitrogens is 3. The predicted molar refractivity (Wildman–Crippen MR) is 96.1 cm³/mol. The molecule has 0 amide bonds. The number of imidazole rings is 1. The van der Waals surface area contributed by atoms with E-state index in [1.807, 2.05) is 18.5 Å². The molecule has 0 aliphatic carbocycles. The van der Waals surface area contributed by atoms with Crippen LogP contribution in [0.25, 0.3) is 0 Å². The van der Waals surface area contributed by atoms with Gasteiger partial charge in [0.1, 0.15) is 5.82 Å². The molecule has 1 atom stereocenters. The second-order valence-electron chi connectivity index (χ2n) is 7.15. The lowest BCUT2D eigenvalue weighted by molar-refractivity contribution is 0.145. The van der Waals surface area contributed by atoms with Gasteiger partial charge in [-0.1, -0.05) is 6.07 Å². The van der Waals surface area contributed by atoms with Gasteiger partial charge in [-0.3, -0.25) is 14.8 Å². The summed E-state index contributed by atoms with van der Waals surface area (Å²) in [6.45, 7) is 6.84. The molecule has 0 N–H and O–H groups in total. The van der Waals surface area contributed by atoms with Gasteiger partial charge >= 0.3 is 0 Å². The van der Waals surface area contributed by atoms with Gasteiger partial charge in [0.25, 0.3) is 0 Å². The highest BCUT2D eigenvalue weighted by Gasteiger charge is 2.26. The molecular formula is C19H27N5O. The second kappa shape index (κ2) is 7.64. The van der Waals surface area contributed by atoms with Gasteiger partial charge in [-0.05, 0) is 25.1 Å². The molecule has 134 valence electrons. The second-order valence-corrected chi connectivity index (χ2v) is 7.15. The molecule has 2 aromatic rings. The van der Waals surface area contributed by atoms with Crippen LogP contribution in [0.3, 0.4) is 0 Å². The Morgan fingerprint density at radius 1 is 1.24 bits per heavy atom. The van der Waals surface area contributed by atoms with Crippen LogP contribution in [0.2, 0.25) is 0 Å². The first-order chi connectivity index (χ1) is 12.3. The summed E-state index contributed by atoms with van der Waals surface area (Å²) in [5.41, 5.74) is 2.55. The summed E-state index contributed by atoms with van der Waals surface area (Å²) in [6, 6.07) is 4.72. The van der Waals surface area contributed by atoms with Crippen molar-refractivity contribution in [1.29, 1.82) is 0 Å². The van der Waals surface area contributed by atoms with Crippen LogP contribution >= 0.6 is 0 Å². The van der Waals surface area contributed by atoms with Gasteiger partial charge in [-0.2, -0.15) is 0 Å². The highest BCUT2D eigenvalue weighted by atomic mass is 16.5. The van der Waals surface area contributed by atoms with Gasteiger partial charge in [0.2, 0.25) is 0 Å². The first kappa shape index (κ1) is 16.7. The first-order valence-corrected chi connectivity index (χ1v) is 9.22. The summed E-state index contributed by atoms with van der Waals surface area (Å²) in [7, 11) is 2.16. The van der Waals surface area contributed by atoms with Crippen molar-refractivity contribution in [1.82, 2.24) is 24.3 Å². The number of nitrogens with zero attached hydrogens (tertiary/aromatic N) is 5. The summed E-state index contributed by atoms with van der Waals surface area (Å²) < 4.78 is 7.99. The molecule has 6 nitrogen and oxygen atoms in total. The fraction of sp³-hybridized carbons (Fsp3) is 0.579. The van der Waals surface area contributed by atoms with Gasteiger partial charge in [0.05, 0.1) is 12.3 Å². The van der Waals surface area contributed by atoms with Crippen molar-refractivity contribution in [3.63, 3.8) is 0 Å². The molecule has 4 rings (SSSR count). The standard InChI is InChI=1S/C19H27N5O/c1-22(13-16-3-2-6-20-11-16)14-18-12-21-19-4-7-23(8-9-24(18)19)17-5-10-25-15-17/h2-3,6,11-12,17H,4-5,7-10,13-15H2,1H3/t17-/m1/s1. The average Bonchev–Trinajstić information content (AvgIpc) is 3.23. The molecule has 6 heteroatoms. The Morgan fingerprint density at radius 2 is 2.20 bits per heavy atom. The normalized spacial score (nSPS) is 21.4. The quantitative estimate of drug-likeness (QED) is 0.826. The number of fused-ring (bicyclic) bond motifs is 1. The van der Waals surface area contributed by atoms with E-state index in [2.05, 4.69) is 38.7 Å². The van der Waals surface area contributed by atoms with Crippen molar-refractivity contribution in [3.8, 4) is 0 Å². The molecule has 4 heterocycles. The summed E-state index contributed by atoms with van der Waals surface area (Å²) >= 11 is 0. The van der Waals surface area contributed by atoms with Gasteiger partial charge in [0, 0.05) is 70.4 Å². The largest absolute Gasteiger partial charge is 0.380 e. The van der Waals surface area contributed by atoms with E-state index >= 15 is 0 Å². The molecule has 25 heavy (non-hydrogen) atoms. The third kappa shape index (κ3) is 3.92. The highest BCUT2D eigenvalue weighted by Crippen LogP contribution is 2.18. The number of hydrogen-bond donors (Lipinski definition) is 0. The van der Waals surface area contributed by atoms with E-state index in [1.54, 1.807) is 0 Å². The lowest BCUT2D eigenvalue weighted by atomic mass is 10.2. The fourth-order valence-corrected chi connectivity index (χ4v) is 3.95. The third-order valence-corrected chi connectivity index (χ3v) is 5.28. The zero-order valence-electron chi connectivity index (χ0n) is 15.0. The Hall–Kier alpha value is -1.76. The lowest BCUT2D eigenvalue weighted by Crippen LogP contribution is -2.37. The number of hydrogen-bond acceptors (Lipinski definition) is 5. The molecule has 0 spiro atoms. The first-order valence-electron chi connectivity index (χ1n) is 9.22. The smallest absolute Gasteiger partial charge is 0.110 e. The van der Waals surface area contributed by atoms with Crippen LogP contribution in [0.4, 0.5) is 0 Å². The maximum Gasteiger partial charge on any atom is 0.110 e. The van der Waals surface area contributed by atoms with Crippen LogP contribution in [-0.4, -0.2) is 63.7 Å². The third-order valence-electron chi connectivity index (χ3n) is 5.28. The van der Waals surface area contributed by atoms with Gasteiger partial charge in [0.15, 0.2) is 0 Å². The van der Waals surface area contributed by atoms with Crippen LogP contribution in [-0.2, 0) is 30.8 Å². The van der Waals surface area contributed by atoms with Crippen molar-refractivity contribution in [3.05, 3.63) is 47.8 Å². The highest BCUT2D eigenvalue weighted by molar-refractivity contribution is 5.10. The van der Waals surface area contributed by atoms with E-state index < -0.39 is 0 Å². The molecule has 2 aliphatic rings. The molecule has 1 saturated heterocycles. The Labute approximate surface area is 149 Å². The molecular weight excluding hydrogens is 314 g/mol. The Bertz CT molecular complexity index is 680. The van der Waals surface area contributed by atoms with Crippen molar-refractivity contribution in [2.75, 3.05) is 33.4 Å². The van der Waals surface area contributed by atoms with Crippen molar-refractivity contribution in [2.45, 2.75) is 38.5 Å². The van der Waals surface area contributed by atoms with Gasteiger partial charge < -0.3 is 9.30 Å². The van der Waals surface area contributed by atoms with E-state index in [0.29, 0.717) is 6.04 Å². The predicted octanol–water partition coefficient (Wildman–Crippen LogP) is 1.56. The van der Waals surface area contributed by atoms with Crippen LogP contribution in [0.15, 0.2) is 30.7 Å². The lowest BCUT2D eigenvalue weighted by Gasteiger charge is -2.25. The molecule has 0 aromatic carbocycles. The molecule has 0 unspecified atom stereocenters. The van der Waals surface area contributed by atoms with Crippen molar-refractivity contribution < 1.29 is 4.74 Å². The van der Waals surface area contributed by atoms with E-state index in [9.17, 15) is 0 Å². The van der Waals surface area contributed by atoms with Crippen LogP contribution in [0.5, 0.6) is 0 Å². The SMILES string of the molecule is CN(Cc1cccnc1)Cc1cnc2n1CCN([C@@H]1CCOC1)CC2. The molecule has 0 bridgehead atoms. The molecule has 0 saturated carbocycles. The van der Waals surface area contributed by atoms with Crippen molar-refractivity contribution >= 4 is 0 Å². The Morgan fingerprint density at radius 3 is 3.00 bits per heavy atom. The summed E-state index contributed by atoms with van der Waals surface area (Å²) in [5.74, 6) is 1.23. The van der Waals surface area contributed by atoms with Crippen molar-refractivity contribution in [2.24, 2.45) is 0 Å². The molecule has 1 fully saturated rings. The van der Waals surface area contributed by atoms with Crippen LogP contribution < -0.4 is 0 Å². The van der Waals surface area contributed by atoms with E-state index in [1.165, 1.54) is 23.5 Å². The molecule has 0 radical (unpaired) electrons. The maximum atomic E-state index is 5.57. The minimum atomic E-state index is 0.598. The van der Waals surface area contributed by atoms with Gasteiger partial charge in [-0.15, -0.1) is 0 Å². The Balaban J connectivity index is 1.39. The average molecular weight is 341 g/mol. The van der Waals surface area contributed by atoms with Gasteiger partial charge in [-0.25, -0.2) is 4.98 Å². The molecule has 2 aliphatic heterocycles. The Kier molecular flexibility index (Phi) is 5.10. The van der Waals surface area contributed by atoms with E-state index in [0.717, 1.165) is 52.4 Å². The van der Waals surface area contributed by atoms with Crippen LogP contribution in [0, 0.1) is 0 Å². The minimum Gasteiger partial charge on any atom is -0.380 e. The van der Waals surface area contributed by atoms with E-state index in [4.69, 9.17) is 9.72 Å². The topological polar surface area (TPSA) is 46.4 Å².